The third-order valence-corrected chi connectivity index (χ3v) is 6.15. The Morgan fingerprint density at radius 3 is 2.84 bits per heavy atom. The molecule has 1 aromatic heterocycles. The molecule has 2 heterocycles. The molecule has 0 bridgehead atoms. The predicted octanol–water partition coefficient (Wildman–Crippen LogP) is 1.92. The van der Waals surface area contributed by atoms with Gasteiger partial charge in [0.2, 0.25) is 0 Å². The summed E-state index contributed by atoms with van der Waals surface area (Å²) in [6.45, 7) is 4.41. The molecule has 0 amide bonds. The van der Waals surface area contributed by atoms with Gasteiger partial charge in [-0.1, -0.05) is 24.2 Å². The number of hydrogen-bond donors (Lipinski definition) is 1. The Morgan fingerprint density at radius 2 is 2.12 bits per heavy atom. The molecule has 0 spiro atoms. The Kier molecular flexibility index (Phi) is 6.56. The van der Waals surface area contributed by atoms with Crippen molar-refractivity contribution in [2.45, 2.75) is 24.3 Å². The van der Waals surface area contributed by atoms with E-state index < -0.39 is 9.84 Å². The number of halogens is 1. The number of aromatic nitrogens is 2. The lowest BCUT2D eigenvalue weighted by atomic mass is 10.2. The van der Waals surface area contributed by atoms with Crippen molar-refractivity contribution in [3.8, 4) is 11.5 Å². The lowest BCUT2D eigenvalue weighted by molar-refractivity contribution is 0.190. The predicted molar refractivity (Wildman–Crippen MR) is 97.6 cm³/mol. The van der Waals surface area contributed by atoms with Gasteiger partial charge in [0, 0.05) is 19.6 Å². The summed E-state index contributed by atoms with van der Waals surface area (Å²) in [5, 5.41) is 7.38. The van der Waals surface area contributed by atoms with E-state index in [1.54, 1.807) is 24.3 Å². The minimum atomic E-state index is -3.37. The van der Waals surface area contributed by atoms with Gasteiger partial charge in [0.15, 0.2) is 15.7 Å². The van der Waals surface area contributed by atoms with Gasteiger partial charge in [0.1, 0.15) is 0 Å². The molecule has 138 valence electrons. The van der Waals surface area contributed by atoms with Crippen molar-refractivity contribution in [1.29, 1.82) is 0 Å². The molecule has 1 aliphatic heterocycles. The van der Waals surface area contributed by atoms with Crippen molar-refractivity contribution in [2.75, 3.05) is 32.4 Å². The third-order valence-electron chi connectivity index (χ3n) is 4.18. The van der Waals surface area contributed by atoms with Crippen LogP contribution in [0.15, 0.2) is 33.7 Å². The van der Waals surface area contributed by atoms with Crippen LogP contribution in [0, 0.1) is 0 Å². The zero-order valence-corrected chi connectivity index (χ0v) is 15.9. The van der Waals surface area contributed by atoms with Crippen molar-refractivity contribution in [2.24, 2.45) is 0 Å². The number of piperazine rings is 1. The maximum absolute atomic E-state index is 12.5. The van der Waals surface area contributed by atoms with Gasteiger partial charge in [-0.15, -0.1) is 12.4 Å². The van der Waals surface area contributed by atoms with Crippen LogP contribution in [0.1, 0.15) is 25.2 Å². The SMILES string of the molecule is CCCS(=O)(=O)c1ccccc1-c1nc(C2CNCCN2C)no1.Cl. The molecule has 2 aromatic rings. The minimum Gasteiger partial charge on any atom is -0.334 e. The van der Waals surface area contributed by atoms with Gasteiger partial charge in [-0.3, -0.25) is 4.90 Å². The molecule has 0 radical (unpaired) electrons. The average molecular weight is 387 g/mol. The number of benzene rings is 1. The fourth-order valence-corrected chi connectivity index (χ4v) is 4.40. The Morgan fingerprint density at radius 1 is 1.36 bits per heavy atom. The summed E-state index contributed by atoms with van der Waals surface area (Å²) in [6, 6.07) is 6.82. The van der Waals surface area contributed by atoms with E-state index in [1.165, 1.54) is 0 Å². The van der Waals surface area contributed by atoms with E-state index in [1.807, 2.05) is 14.0 Å². The monoisotopic (exact) mass is 386 g/mol. The molecule has 1 unspecified atom stereocenters. The molecule has 1 N–H and O–H groups in total. The van der Waals surface area contributed by atoms with Crippen LogP contribution in [0.3, 0.4) is 0 Å². The standard InChI is InChI=1S/C16H22N4O3S.ClH/c1-3-10-24(21,22)14-7-5-4-6-12(14)16-18-15(19-23-16)13-11-17-8-9-20(13)2;/h4-7,13,17H,3,8-11H2,1-2H3;1H. The third kappa shape index (κ3) is 4.20. The quantitative estimate of drug-likeness (QED) is 0.839. The highest BCUT2D eigenvalue weighted by Gasteiger charge is 2.27. The summed E-state index contributed by atoms with van der Waals surface area (Å²) in [6.07, 6.45) is 0.560. The lowest BCUT2D eigenvalue weighted by Gasteiger charge is -2.30. The molecule has 1 fully saturated rings. The van der Waals surface area contributed by atoms with Crippen LogP contribution in [-0.2, 0) is 9.84 Å². The van der Waals surface area contributed by atoms with E-state index in [-0.39, 0.29) is 35.0 Å². The van der Waals surface area contributed by atoms with Crippen molar-refractivity contribution in [3.63, 3.8) is 0 Å². The molecule has 25 heavy (non-hydrogen) atoms. The van der Waals surface area contributed by atoms with E-state index in [2.05, 4.69) is 20.4 Å². The second-order valence-electron chi connectivity index (χ2n) is 5.97. The first-order valence-electron chi connectivity index (χ1n) is 8.09. The van der Waals surface area contributed by atoms with Crippen molar-refractivity contribution in [1.82, 2.24) is 20.4 Å². The van der Waals surface area contributed by atoms with Crippen molar-refractivity contribution in [3.05, 3.63) is 30.1 Å². The zero-order valence-electron chi connectivity index (χ0n) is 14.3. The molecule has 3 rings (SSSR count). The van der Waals surface area contributed by atoms with Gasteiger partial charge >= 0.3 is 0 Å². The molecule has 1 saturated heterocycles. The molecular formula is C16H23ClN4O3S. The number of hydrogen-bond acceptors (Lipinski definition) is 7. The average Bonchev–Trinajstić information content (AvgIpc) is 3.05. The highest BCUT2D eigenvalue weighted by Crippen LogP contribution is 2.28. The molecule has 0 saturated carbocycles. The van der Waals surface area contributed by atoms with Crippen molar-refractivity contribution < 1.29 is 12.9 Å². The largest absolute Gasteiger partial charge is 0.334 e. The van der Waals surface area contributed by atoms with Gasteiger partial charge < -0.3 is 9.84 Å². The minimum absolute atomic E-state index is 0. The molecule has 0 aliphatic carbocycles. The summed E-state index contributed by atoms with van der Waals surface area (Å²) >= 11 is 0. The number of nitrogens with zero attached hydrogens (tertiary/aromatic N) is 3. The van der Waals surface area contributed by atoms with Crippen LogP contribution >= 0.6 is 12.4 Å². The van der Waals surface area contributed by atoms with Crippen LogP contribution in [0.4, 0.5) is 0 Å². The summed E-state index contributed by atoms with van der Waals surface area (Å²) in [5.41, 5.74) is 0.469. The van der Waals surface area contributed by atoms with Gasteiger partial charge in [-0.05, 0) is 25.6 Å². The normalized spacial score (nSPS) is 18.7. The summed E-state index contributed by atoms with van der Waals surface area (Å²) in [5.74, 6) is 0.918. The second-order valence-corrected chi connectivity index (χ2v) is 8.05. The first-order valence-corrected chi connectivity index (χ1v) is 9.75. The topological polar surface area (TPSA) is 88.3 Å². The Balaban J connectivity index is 0.00000225. The lowest BCUT2D eigenvalue weighted by Crippen LogP contribution is -2.44. The highest BCUT2D eigenvalue weighted by molar-refractivity contribution is 7.91. The molecule has 7 nitrogen and oxygen atoms in total. The molecule has 1 aromatic carbocycles. The summed E-state index contributed by atoms with van der Waals surface area (Å²) in [4.78, 5) is 6.87. The Bertz CT molecular complexity index is 809. The summed E-state index contributed by atoms with van der Waals surface area (Å²) in [7, 11) is -1.35. The van der Waals surface area contributed by atoms with Crippen LogP contribution in [0.25, 0.3) is 11.5 Å². The number of nitrogens with one attached hydrogen (secondary N) is 1. The first kappa shape index (κ1) is 19.8. The zero-order chi connectivity index (χ0) is 17.2. The van der Waals surface area contributed by atoms with Crippen LogP contribution < -0.4 is 5.32 Å². The van der Waals surface area contributed by atoms with Crippen LogP contribution in [-0.4, -0.2) is 55.9 Å². The first-order chi connectivity index (χ1) is 11.5. The molecule has 1 atom stereocenters. The van der Waals surface area contributed by atoms with Gasteiger partial charge in [0.25, 0.3) is 5.89 Å². The fourth-order valence-electron chi connectivity index (χ4n) is 2.87. The Labute approximate surface area is 154 Å². The Hall–Kier alpha value is -1.48. The second kappa shape index (κ2) is 8.27. The molecule has 1 aliphatic rings. The number of sulfone groups is 1. The van der Waals surface area contributed by atoms with E-state index in [0.29, 0.717) is 17.8 Å². The van der Waals surface area contributed by atoms with Crippen LogP contribution in [0.2, 0.25) is 0 Å². The van der Waals surface area contributed by atoms with Crippen molar-refractivity contribution >= 4 is 22.2 Å². The van der Waals surface area contributed by atoms with E-state index in [9.17, 15) is 8.42 Å². The van der Waals surface area contributed by atoms with E-state index in [0.717, 1.165) is 19.6 Å². The summed E-state index contributed by atoms with van der Waals surface area (Å²) < 4.78 is 30.3. The number of likely N-dealkylation sites (N-methyl/N-ethyl adjacent to an activating group) is 1. The smallest absolute Gasteiger partial charge is 0.259 e. The van der Waals surface area contributed by atoms with E-state index in [4.69, 9.17) is 4.52 Å². The maximum atomic E-state index is 12.5. The van der Waals surface area contributed by atoms with Gasteiger partial charge in [-0.25, -0.2) is 8.42 Å². The number of rotatable bonds is 5. The molecular weight excluding hydrogens is 364 g/mol. The fraction of sp³-hybridized carbons (Fsp3) is 0.500. The van der Waals surface area contributed by atoms with Crippen LogP contribution in [0.5, 0.6) is 0 Å². The van der Waals surface area contributed by atoms with E-state index >= 15 is 0 Å². The molecule has 9 heteroatoms. The highest BCUT2D eigenvalue weighted by atomic mass is 35.5. The van der Waals surface area contributed by atoms with Gasteiger partial charge in [-0.2, -0.15) is 4.98 Å². The maximum Gasteiger partial charge on any atom is 0.259 e. The van der Waals surface area contributed by atoms with Gasteiger partial charge in [0.05, 0.1) is 22.3 Å².